The second-order valence-electron chi connectivity index (χ2n) is 0.428. The molecule has 0 aliphatic heterocycles. The van der Waals surface area contributed by atoms with Crippen molar-refractivity contribution >= 4 is 10.4 Å². The summed E-state index contributed by atoms with van der Waals surface area (Å²) in [7, 11) is -4.92. The first-order chi connectivity index (χ1) is 3.00. The van der Waals surface area contributed by atoms with E-state index in [9.17, 15) is 0 Å². The number of quaternary nitrogens is 1. The topological polar surface area (TPSA) is 125 Å². The van der Waals surface area contributed by atoms with E-state index in [1.165, 1.54) is 0 Å². The van der Waals surface area contributed by atoms with E-state index in [4.69, 9.17) is 22.7 Å². The molecule has 0 heterocycles. The summed E-state index contributed by atoms with van der Waals surface area (Å²) in [5.74, 6) is 2.25. The Hall–Kier alpha value is -0.210. The maximum Gasteiger partial charge on any atom is 0.215 e. The predicted molar refractivity (Wildman–Crippen MR) is 17.0 cm³/mol. The molecule has 0 aromatic carbocycles. The Morgan fingerprint density at radius 1 is 1.43 bits per heavy atom. The molecule has 46 valence electrons. The van der Waals surface area contributed by atoms with Gasteiger partial charge in [0.1, 0.15) is 0 Å². The van der Waals surface area contributed by atoms with Crippen LogP contribution in [0.25, 0.3) is 0 Å². The van der Waals surface area contributed by atoms with E-state index in [0.717, 1.165) is 0 Å². The van der Waals surface area contributed by atoms with Gasteiger partial charge in [0, 0.05) is 0 Å². The lowest BCUT2D eigenvalue weighted by atomic mass is 13.6. The third-order valence-corrected chi connectivity index (χ3v) is 0. The van der Waals surface area contributed by atoms with Crippen LogP contribution in [0.2, 0.25) is 0 Å². The van der Waals surface area contributed by atoms with Crippen LogP contribution in [-0.4, -0.2) is 22.7 Å². The minimum Gasteiger partial charge on any atom is -0.726 e. The van der Waals surface area contributed by atoms with Gasteiger partial charge in [-0.2, -0.15) is 0 Å². The van der Waals surface area contributed by atoms with Gasteiger partial charge in [-0.15, -0.1) is 0 Å². The minimum absolute atomic E-state index is 2.25. The highest BCUT2D eigenvalue weighted by Crippen LogP contribution is 1.58. The van der Waals surface area contributed by atoms with Crippen molar-refractivity contribution in [3.8, 4) is 0 Å². The fourth-order valence-corrected chi connectivity index (χ4v) is 0. The fraction of sp³-hybridized carbons (Fsp3) is 0. The maximum absolute atomic E-state index is 8.63. The second kappa shape index (κ2) is 3.96. The molecular weight excluding hydrogens is 126 g/mol. The minimum atomic E-state index is -4.92. The highest BCUT2D eigenvalue weighted by Gasteiger charge is 1.67. The van der Waals surface area contributed by atoms with Crippen LogP contribution in [0.4, 0.5) is 0 Å². The number of rotatable bonds is 0. The van der Waals surface area contributed by atoms with Gasteiger partial charge in [0.05, 0.1) is 0 Å². The lowest BCUT2D eigenvalue weighted by Gasteiger charge is -1.88. The Bertz CT molecular complexity index is 91.2. The first-order valence-corrected chi connectivity index (χ1v) is 2.36. The van der Waals surface area contributed by atoms with Crippen LogP contribution in [0.3, 0.4) is 0 Å². The van der Waals surface area contributed by atoms with Gasteiger partial charge in [-0.25, -0.2) is 19.5 Å². The molecule has 5 N–H and O–H groups in total. The summed E-state index contributed by atoms with van der Waals surface area (Å²) in [6, 6.07) is 0. The van der Waals surface area contributed by atoms with Crippen LogP contribution in [0.15, 0.2) is 0 Å². The third kappa shape index (κ3) is 1890. The lowest BCUT2D eigenvalue weighted by molar-refractivity contribution is -0.670. The highest BCUT2D eigenvalue weighted by molar-refractivity contribution is 7.79. The highest BCUT2D eigenvalue weighted by atomic mass is 32.3. The van der Waals surface area contributed by atoms with E-state index in [1.807, 2.05) is 0 Å². The summed E-state index contributed by atoms with van der Waals surface area (Å²) in [5, 5.41) is 6.75. The van der Waals surface area contributed by atoms with E-state index < -0.39 is 10.4 Å². The van der Waals surface area contributed by atoms with Crippen molar-refractivity contribution in [3.05, 3.63) is 0 Å². The van der Waals surface area contributed by atoms with Gasteiger partial charge >= 0.3 is 0 Å². The third-order valence-electron chi connectivity index (χ3n) is 0. The molecule has 0 amide bonds. The van der Waals surface area contributed by atoms with E-state index in [1.54, 1.807) is 0 Å². The Labute approximate surface area is 40.1 Å². The molecule has 7 heteroatoms. The maximum atomic E-state index is 8.63. The molecule has 0 unspecified atom stereocenters. The monoisotopic (exact) mass is 131 g/mol. The molecule has 0 bridgehead atoms. The van der Waals surface area contributed by atoms with E-state index in [0.29, 0.717) is 0 Å². The molecule has 0 atom stereocenters. The molecule has 0 saturated heterocycles. The molecular formula is H5NO5S. The van der Waals surface area contributed by atoms with Crippen molar-refractivity contribution in [1.82, 2.24) is 0 Å². The summed E-state index contributed by atoms with van der Waals surface area (Å²) in [5.41, 5.74) is 0. The predicted octanol–water partition coefficient (Wildman–Crippen LogP) is -2.38. The Morgan fingerprint density at radius 3 is 1.43 bits per heavy atom. The molecule has 0 radical (unpaired) electrons. The molecule has 0 saturated carbocycles. The van der Waals surface area contributed by atoms with Crippen molar-refractivity contribution in [1.29, 1.82) is 0 Å². The zero-order valence-corrected chi connectivity index (χ0v) is 4.05. The van der Waals surface area contributed by atoms with Crippen molar-refractivity contribution in [3.63, 3.8) is 0 Å². The average molecular weight is 131 g/mol. The zero-order chi connectivity index (χ0) is 6.50. The van der Waals surface area contributed by atoms with Crippen LogP contribution in [0, 0.1) is 0 Å². The van der Waals surface area contributed by atoms with Crippen molar-refractivity contribution in [2.75, 3.05) is 0 Å². The van der Waals surface area contributed by atoms with Gasteiger partial charge < -0.3 is 4.55 Å². The van der Waals surface area contributed by atoms with Crippen LogP contribution >= 0.6 is 0 Å². The zero-order valence-electron chi connectivity index (χ0n) is 3.23. The van der Waals surface area contributed by atoms with Crippen LogP contribution < -0.4 is 5.90 Å². The Morgan fingerprint density at radius 2 is 1.43 bits per heavy atom. The van der Waals surface area contributed by atoms with Gasteiger partial charge in [0.25, 0.3) is 0 Å². The smallest absolute Gasteiger partial charge is 0.215 e. The average Bonchev–Trinajstić information content (AvgIpc) is 1.36. The molecule has 0 aliphatic carbocycles. The fourth-order valence-electron chi connectivity index (χ4n) is 0. The molecule has 0 fully saturated rings. The molecule has 0 rings (SSSR count). The van der Waals surface area contributed by atoms with E-state index in [-0.39, 0.29) is 0 Å². The van der Waals surface area contributed by atoms with Crippen LogP contribution in [-0.2, 0) is 10.4 Å². The Balaban J connectivity index is 0. The molecule has 7 heavy (non-hydrogen) atoms. The SMILES string of the molecule is O=S(=O)([O-])O.[NH3+]O. The van der Waals surface area contributed by atoms with E-state index >= 15 is 0 Å². The van der Waals surface area contributed by atoms with Crippen molar-refractivity contribution < 1.29 is 28.6 Å². The normalized spacial score (nSPS) is 9.14. The van der Waals surface area contributed by atoms with Gasteiger partial charge in [-0.3, -0.25) is 4.55 Å². The molecule has 0 aromatic heterocycles. The second-order valence-corrected chi connectivity index (χ2v) is 1.28. The molecule has 0 aliphatic rings. The Kier molecular flexibility index (Phi) is 5.62. The molecule has 0 spiro atoms. The van der Waals surface area contributed by atoms with Crippen molar-refractivity contribution in [2.24, 2.45) is 0 Å². The van der Waals surface area contributed by atoms with Crippen molar-refractivity contribution in [2.45, 2.75) is 0 Å². The largest absolute Gasteiger partial charge is 0.726 e. The summed E-state index contributed by atoms with van der Waals surface area (Å²) in [6.07, 6.45) is 0. The first-order valence-electron chi connectivity index (χ1n) is 0.999. The van der Waals surface area contributed by atoms with E-state index in [2.05, 4.69) is 5.90 Å². The number of hydrogen-bond acceptors (Lipinski definition) is 4. The number of hydrogen-bond donors (Lipinski definition) is 3. The van der Waals surface area contributed by atoms with Crippen LogP contribution in [0.1, 0.15) is 0 Å². The summed E-state index contributed by atoms with van der Waals surface area (Å²) < 4.78 is 32.8. The van der Waals surface area contributed by atoms with Gasteiger partial charge in [-0.05, 0) is 0 Å². The standard InChI is InChI=1S/H4NO.H2O4S/c1-2;1-5(2,3)4/h2H,1H3;(H2,1,2,3,4)/q+1;/p-1. The van der Waals surface area contributed by atoms with Crippen LogP contribution in [0.5, 0.6) is 0 Å². The first kappa shape index (κ1) is 9.92. The van der Waals surface area contributed by atoms with Gasteiger partial charge in [0.2, 0.25) is 10.4 Å². The van der Waals surface area contributed by atoms with Gasteiger partial charge in [0.15, 0.2) is 0 Å². The van der Waals surface area contributed by atoms with Gasteiger partial charge in [-0.1, -0.05) is 0 Å². The quantitative estimate of drug-likeness (QED) is 0.192. The summed E-state index contributed by atoms with van der Waals surface area (Å²) >= 11 is 0. The summed E-state index contributed by atoms with van der Waals surface area (Å²) in [4.78, 5) is 0. The lowest BCUT2D eigenvalue weighted by Crippen LogP contribution is -2.42. The molecule has 0 aromatic rings. The molecule has 6 nitrogen and oxygen atoms in total. The summed E-state index contributed by atoms with van der Waals surface area (Å²) in [6.45, 7) is 0.